The van der Waals surface area contributed by atoms with Crippen molar-refractivity contribution in [3.05, 3.63) is 71.3 Å². The van der Waals surface area contributed by atoms with E-state index in [4.69, 9.17) is 14.5 Å². The Hall–Kier alpha value is -1.68. The highest BCUT2D eigenvalue weighted by Gasteiger charge is 2.57. The molecule has 2 bridgehead atoms. The molecule has 0 amide bonds. The van der Waals surface area contributed by atoms with Gasteiger partial charge in [-0.15, -0.1) is 0 Å². The zero-order valence-corrected chi connectivity index (χ0v) is 13.1. The van der Waals surface area contributed by atoms with Gasteiger partial charge in [-0.1, -0.05) is 75.4 Å². The van der Waals surface area contributed by atoms with E-state index in [2.05, 4.69) is 39.0 Å². The van der Waals surface area contributed by atoms with Crippen molar-refractivity contribution in [3.8, 4) is 0 Å². The molecule has 1 fully saturated rings. The van der Waals surface area contributed by atoms with E-state index in [0.29, 0.717) is 0 Å². The molecular formula is C19H20O3. The average molecular weight is 296 g/mol. The molecule has 0 spiro atoms. The summed E-state index contributed by atoms with van der Waals surface area (Å²) in [5, 5.41) is 0. The molecule has 3 nitrogen and oxygen atoms in total. The molecule has 4 rings (SSSR count). The summed E-state index contributed by atoms with van der Waals surface area (Å²) in [5.74, 6) is -0.826. The molecule has 22 heavy (non-hydrogen) atoms. The first-order chi connectivity index (χ1) is 10.5. The Morgan fingerprint density at radius 1 is 0.909 bits per heavy atom. The minimum atomic E-state index is -0.954. The monoisotopic (exact) mass is 296 g/mol. The highest BCUT2D eigenvalue weighted by atomic mass is 17.3. The van der Waals surface area contributed by atoms with Gasteiger partial charge in [-0.25, -0.2) is 0 Å². The van der Waals surface area contributed by atoms with E-state index < -0.39 is 12.1 Å². The molecule has 1 unspecified atom stereocenters. The topological polar surface area (TPSA) is 27.7 Å². The third-order valence-electron chi connectivity index (χ3n) is 4.55. The molecule has 2 aliphatic heterocycles. The number of ether oxygens (including phenoxy) is 1. The van der Waals surface area contributed by atoms with Gasteiger partial charge >= 0.3 is 0 Å². The Morgan fingerprint density at radius 2 is 1.59 bits per heavy atom. The smallest absolute Gasteiger partial charge is 0.256 e. The summed E-state index contributed by atoms with van der Waals surface area (Å²) in [5.41, 5.74) is 3.25. The SMILES string of the molecule is CC(C)(C)C1c2ccccc2[C@@]2(c3ccccc3)OO[C@@H]1O2. The summed E-state index contributed by atoms with van der Waals surface area (Å²) in [6.07, 6.45) is -0.393. The molecular weight excluding hydrogens is 276 g/mol. The predicted octanol–water partition coefficient (Wildman–Crippen LogP) is 4.34. The zero-order chi connectivity index (χ0) is 15.4. The maximum absolute atomic E-state index is 6.29. The largest absolute Gasteiger partial charge is 0.307 e. The van der Waals surface area contributed by atoms with Crippen LogP contribution in [0.4, 0.5) is 0 Å². The molecule has 2 aromatic rings. The van der Waals surface area contributed by atoms with Gasteiger partial charge in [-0.3, -0.25) is 0 Å². The van der Waals surface area contributed by atoms with Crippen molar-refractivity contribution in [2.45, 2.75) is 38.8 Å². The Bertz CT molecular complexity index is 689. The lowest BCUT2D eigenvalue weighted by Gasteiger charge is -2.40. The summed E-state index contributed by atoms with van der Waals surface area (Å²) >= 11 is 0. The molecule has 0 radical (unpaired) electrons. The van der Waals surface area contributed by atoms with E-state index in [1.807, 2.05) is 36.4 Å². The standard InChI is InChI=1S/C19H20O3/c1-18(2,3)16-14-11-7-8-12-15(14)19(20-17(16)21-22-19)13-9-5-4-6-10-13/h4-12,16-17H,1-3H3/t16?,17-,19+/m0/s1. The molecule has 2 aromatic carbocycles. The van der Waals surface area contributed by atoms with E-state index in [9.17, 15) is 0 Å². The Balaban J connectivity index is 1.94. The summed E-state index contributed by atoms with van der Waals surface area (Å²) in [6, 6.07) is 18.3. The van der Waals surface area contributed by atoms with Crippen molar-refractivity contribution in [1.29, 1.82) is 0 Å². The quantitative estimate of drug-likeness (QED) is 0.733. The molecule has 3 heteroatoms. The van der Waals surface area contributed by atoms with Crippen LogP contribution in [-0.2, 0) is 20.3 Å². The van der Waals surface area contributed by atoms with Gasteiger partial charge in [-0.05, 0) is 11.0 Å². The Labute approximate surface area is 130 Å². The predicted molar refractivity (Wildman–Crippen MR) is 82.9 cm³/mol. The van der Waals surface area contributed by atoms with E-state index in [1.165, 1.54) is 5.56 Å². The van der Waals surface area contributed by atoms with Gasteiger partial charge in [0.1, 0.15) is 0 Å². The molecule has 0 saturated carbocycles. The fraction of sp³-hybridized carbons (Fsp3) is 0.368. The van der Waals surface area contributed by atoms with E-state index >= 15 is 0 Å². The maximum atomic E-state index is 6.29. The summed E-state index contributed by atoms with van der Waals surface area (Å²) in [7, 11) is 0. The summed E-state index contributed by atoms with van der Waals surface area (Å²) in [4.78, 5) is 11.4. The van der Waals surface area contributed by atoms with Crippen LogP contribution in [0.5, 0.6) is 0 Å². The number of rotatable bonds is 1. The Kier molecular flexibility index (Phi) is 2.95. The number of hydrogen-bond donors (Lipinski definition) is 0. The highest BCUT2D eigenvalue weighted by molar-refractivity contribution is 5.44. The molecule has 1 saturated heterocycles. The Morgan fingerprint density at radius 3 is 2.32 bits per heavy atom. The molecule has 2 aliphatic rings. The second-order valence-electron chi connectivity index (χ2n) is 7.08. The van der Waals surface area contributed by atoms with Crippen LogP contribution >= 0.6 is 0 Å². The number of hydrogen-bond acceptors (Lipinski definition) is 3. The van der Waals surface area contributed by atoms with Crippen LogP contribution < -0.4 is 0 Å². The van der Waals surface area contributed by atoms with Crippen molar-refractivity contribution in [2.75, 3.05) is 0 Å². The fourth-order valence-corrected chi connectivity index (χ4v) is 3.57. The summed E-state index contributed by atoms with van der Waals surface area (Å²) in [6.45, 7) is 6.61. The van der Waals surface area contributed by atoms with Gasteiger partial charge in [0.05, 0.1) is 0 Å². The minimum Gasteiger partial charge on any atom is -0.307 e. The average Bonchev–Trinajstić information content (AvgIpc) is 2.88. The second-order valence-corrected chi connectivity index (χ2v) is 7.08. The van der Waals surface area contributed by atoms with Crippen LogP contribution in [0.25, 0.3) is 0 Å². The van der Waals surface area contributed by atoms with Gasteiger partial charge in [0, 0.05) is 17.0 Å². The molecule has 0 aliphatic carbocycles. The third-order valence-corrected chi connectivity index (χ3v) is 4.55. The first-order valence-electron chi connectivity index (χ1n) is 7.70. The summed E-state index contributed by atoms with van der Waals surface area (Å²) < 4.78 is 6.29. The van der Waals surface area contributed by atoms with Gasteiger partial charge in [0.25, 0.3) is 5.79 Å². The maximum Gasteiger partial charge on any atom is 0.256 e. The van der Waals surface area contributed by atoms with Crippen LogP contribution in [0.2, 0.25) is 0 Å². The van der Waals surface area contributed by atoms with Crippen LogP contribution in [0, 0.1) is 5.41 Å². The first kappa shape index (κ1) is 13.9. The fourth-order valence-electron chi connectivity index (χ4n) is 3.57. The van der Waals surface area contributed by atoms with Crippen molar-refractivity contribution in [1.82, 2.24) is 0 Å². The molecule has 114 valence electrons. The van der Waals surface area contributed by atoms with Crippen molar-refractivity contribution >= 4 is 0 Å². The lowest BCUT2D eigenvalue weighted by atomic mass is 9.72. The van der Waals surface area contributed by atoms with E-state index in [0.717, 1.165) is 11.1 Å². The second kappa shape index (κ2) is 4.66. The van der Waals surface area contributed by atoms with Crippen LogP contribution in [0.1, 0.15) is 43.4 Å². The highest BCUT2D eigenvalue weighted by Crippen LogP contribution is 2.55. The molecule has 2 heterocycles. The van der Waals surface area contributed by atoms with Gasteiger partial charge < -0.3 is 4.74 Å². The normalized spacial score (nSPS) is 30.1. The van der Waals surface area contributed by atoms with Gasteiger partial charge in [0.2, 0.25) is 6.29 Å². The van der Waals surface area contributed by atoms with Crippen molar-refractivity contribution in [2.24, 2.45) is 5.41 Å². The van der Waals surface area contributed by atoms with Crippen LogP contribution in [0.3, 0.4) is 0 Å². The van der Waals surface area contributed by atoms with Crippen molar-refractivity contribution in [3.63, 3.8) is 0 Å². The molecule has 0 aromatic heterocycles. The first-order valence-corrected chi connectivity index (χ1v) is 7.70. The van der Waals surface area contributed by atoms with Gasteiger partial charge in [-0.2, -0.15) is 9.78 Å². The number of fused-ring (bicyclic) bond motifs is 4. The van der Waals surface area contributed by atoms with E-state index in [1.54, 1.807) is 0 Å². The lowest BCUT2D eigenvalue weighted by molar-refractivity contribution is -0.323. The molecule has 0 N–H and O–H groups in total. The third kappa shape index (κ3) is 1.86. The van der Waals surface area contributed by atoms with Crippen LogP contribution in [-0.4, -0.2) is 6.29 Å². The zero-order valence-electron chi connectivity index (χ0n) is 13.1. The molecule has 3 atom stereocenters. The van der Waals surface area contributed by atoms with Crippen LogP contribution in [0.15, 0.2) is 54.6 Å². The lowest BCUT2D eigenvalue weighted by Crippen LogP contribution is -2.41. The van der Waals surface area contributed by atoms with Crippen molar-refractivity contribution < 1.29 is 14.5 Å². The van der Waals surface area contributed by atoms with Gasteiger partial charge in [0.15, 0.2) is 0 Å². The minimum absolute atomic E-state index is 0.0112. The number of benzene rings is 2. The van der Waals surface area contributed by atoms with E-state index in [-0.39, 0.29) is 11.3 Å².